The smallest absolute Gasteiger partial charge is 0.349 e. The minimum Gasteiger partial charge on any atom is -0.349 e. The molecule has 0 radical (unpaired) electrons. The molecule has 26 heavy (non-hydrogen) atoms. The Balaban J connectivity index is 1.71. The summed E-state index contributed by atoms with van der Waals surface area (Å²) in [5, 5.41) is 9.34. The molecule has 4 heterocycles. The first-order valence-corrected chi connectivity index (χ1v) is 9.34. The van der Waals surface area contributed by atoms with E-state index in [0.29, 0.717) is 34.2 Å². The van der Waals surface area contributed by atoms with Gasteiger partial charge in [-0.3, -0.25) is 0 Å². The molecule has 1 N–H and O–H groups in total. The Kier molecular flexibility index (Phi) is 3.84. The van der Waals surface area contributed by atoms with Gasteiger partial charge < -0.3 is 4.98 Å². The number of fused-ring (bicyclic) bond motifs is 3. The number of hydrogen-bond acceptors (Lipinski definition) is 6. The lowest BCUT2D eigenvalue weighted by atomic mass is 10.0. The Morgan fingerprint density at radius 1 is 1.23 bits per heavy atom. The fraction of sp³-hybridized carbons (Fsp3) is 0.429. The maximum atomic E-state index is 12.5. The molecule has 1 aliphatic rings. The van der Waals surface area contributed by atoms with Crippen molar-refractivity contribution in [3.8, 4) is 0 Å². The average molecular weight is 386 g/mol. The number of sulfonamides is 1. The van der Waals surface area contributed by atoms with Gasteiger partial charge in [0.1, 0.15) is 0 Å². The molecule has 1 fully saturated rings. The zero-order valence-corrected chi connectivity index (χ0v) is 14.0. The summed E-state index contributed by atoms with van der Waals surface area (Å²) >= 11 is 0. The van der Waals surface area contributed by atoms with Crippen LogP contribution in [0.2, 0.25) is 0 Å². The number of aromatic amines is 1. The van der Waals surface area contributed by atoms with Gasteiger partial charge >= 0.3 is 6.18 Å². The van der Waals surface area contributed by atoms with Crippen LogP contribution in [0.5, 0.6) is 0 Å². The summed E-state index contributed by atoms with van der Waals surface area (Å²) in [5.74, 6) is -2.15. The van der Waals surface area contributed by atoms with E-state index < -0.39 is 22.0 Å². The lowest BCUT2D eigenvalue weighted by Crippen LogP contribution is -2.36. The van der Waals surface area contributed by atoms with Crippen LogP contribution in [-0.2, 0) is 10.0 Å². The second-order valence-corrected chi connectivity index (χ2v) is 8.08. The van der Waals surface area contributed by atoms with E-state index in [1.165, 1.54) is 6.33 Å². The predicted octanol–water partition coefficient (Wildman–Crippen LogP) is 1.58. The highest BCUT2D eigenvalue weighted by Gasteiger charge is 2.41. The lowest BCUT2D eigenvalue weighted by Gasteiger charge is -2.18. The molecule has 1 atom stereocenters. The largest absolute Gasteiger partial charge is 0.404 e. The molecule has 3 aromatic heterocycles. The third-order valence-electron chi connectivity index (χ3n) is 4.39. The molecule has 12 heteroatoms. The van der Waals surface area contributed by atoms with Crippen LogP contribution in [-0.4, -0.2) is 62.9 Å². The van der Waals surface area contributed by atoms with E-state index in [1.807, 2.05) is 0 Å². The van der Waals surface area contributed by atoms with Crippen molar-refractivity contribution in [2.24, 2.45) is 0 Å². The molecule has 0 aliphatic carbocycles. The fourth-order valence-electron chi connectivity index (χ4n) is 3.29. The maximum Gasteiger partial charge on any atom is 0.404 e. The van der Waals surface area contributed by atoms with Gasteiger partial charge in [-0.05, 0) is 12.5 Å². The van der Waals surface area contributed by atoms with E-state index in [9.17, 15) is 21.6 Å². The summed E-state index contributed by atoms with van der Waals surface area (Å²) in [5.41, 5.74) is 1.48. The molecule has 0 aromatic carbocycles. The van der Waals surface area contributed by atoms with Gasteiger partial charge in [0.15, 0.2) is 17.0 Å². The van der Waals surface area contributed by atoms with Gasteiger partial charge in [0, 0.05) is 36.3 Å². The van der Waals surface area contributed by atoms with E-state index >= 15 is 0 Å². The Morgan fingerprint density at radius 3 is 2.77 bits per heavy atom. The summed E-state index contributed by atoms with van der Waals surface area (Å²) in [6, 6.07) is 1.75. The number of alkyl halides is 3. The van der Waals surface area contributed by atoms with Crippen molar-refractivity contribution in [2.75, 3.05) is 18.8 Å². The molecule has 0 saturated carbocycles. The summed E-state index contributed by atoms with van der Waals surface area (Å²) in [4.78, 5) is 11.2. The van der Waals surface area contributed by atoms with Gasteiger partial charge in [0.25, 0.3) is 0 Å². The van der Waals surface area contributed by atoms with Crippen molar-refractivity contribution < 1.29 is 21.6 Å². The molecule has 0 spiro atoms. The average Bonchev–Trinajstić information content (AvgIpc) is 3.21. The van der Waals surface area contributed by atoms with Crippen molar-refractivity contribution in [2.45, 2.75) is 18.5 Å². The van der Waals surface area contributed by atoms with Gasteiger partial charge in [0.05, 0.1) is 11.7 Å². The van der Waals surface area contributed by atoms with Crippen molar-refractivity contribution >= 4 is 32.1 Å². The highest BCUT2D eigenvalue weighted by atomic mass is 32.2. The Labute approximate surface area is 145 Å². The minimum absolute atomic E-state index is 0.0294. The SMILES string of the molecule is O=S(=O)(CC(F)(F)F)N1CCC(c2[nH]cnc3nnc4nccc4c23)C1. The minimum atomic E-state index is -4.77. The van der Waals surface area contributed by atoms with Gasteiger partial charge in [-0.15, -0.1) is 10.2 Å². The highest BCUT2D eigenvalue weighted by Crippen LogP contribution is 2.34. The molecular weight excluding hydrogens is 373 g/mol. The molecule has 1 unspecified atom stereocenters. The van der Waals surface area contributed by atoms with Gasteiger partial charge in [-0.1, -0.05) is 0 Å². The van der Waals surface area contributed by atoms with Crippen molar-refractivity contribution in [3.63, 3.8) is 0 Å². The normalized spacial score (nSPS) is 19.6. The molecule has 0 bridgehead atoms. The van der Waals surface area contributed by atoms with Crippen LogP contribution in [0.25, 0.3) is 22.1 Å². The number of nitrogens with zero attached hydrogens (tertiary/aromatic N) is 5. The number of hydrogen-bond donors (Lipinski definition) is 1. The summed E-state index contributed by atoms with van der Waals surface area (Å²) in [7, 11) is -4.41. The van der Waals surface area contributed by atoms with Crippen LogP contribution in [0.4, 0.5) is 13.2 Å². The molecule has 3 aromatic rings. The highest BCUT2D eigenvalue weighted by molar-refractivity contribution is 7.89. The number of nitrogens with one attached hydrogen (secondary N) is 1. The first kappa shape index (κ1) is 17.1. The third-order valence-corrected chi connectivity index (χ3v) is 6.20. The zero-order valence-electron chi connectivity index (χ0n) is 13.2. The third kappa shape index (κ3) is 2.98. The van der Waals surface area contributed by atoms with Crippen molar-refractivity contribution in [1.29, 1.82) is 0 Å². The molecular formula is C14H13F3N6O2S. The van der Waals surface area contributed by atoms with Crippen LogP contribution in [0.1, 0.15) is 18.0 Å². The van der Waals surface area contributed by atoms with Gasteiger partial charge in [0.2, 0.25) is 10.0 Å². The van der Waals surface area contributed by atoms with Gasteiger partial charge in [-0.2, -0.15) is 13.2 Å². The molecule has 138 valence electrons. The van der Waals surface area contributed by atoms with E-state index in [2.05, 4.69) is 25.1 Å². The number of H-pyrrole nitrogens is 1. The Morgan fingerprint density at radius 2 is 2.00 bits per heavy atom. The second kappa shape index (κ2) is 5.84. The van der Waals surface area contributed by atoms with Crippen LogP contribution in [0.3, 0.4) is 0 Å². The van der Waals surface area contributed by atoms with E-state index in [-0.39, 0.29) is 19.0 Å². The molecule has 1 saturated heterocycles. The van der Waals surface area contributed by atoms with E-state index in [0.717, 1.165) is 4.31 Å². The van der Waals surface area contributed by atoms with Crippen molar-refractivity contribution in [1.82, 2.24) is 29.5 Å². The molecule has 4 rings (SSSR count). The lowest BCUT2D eigenvalue weighted by molar-refractivity contribution is -0.106. The topological polar surface area (TPSA) is 105 Å². The summed E-state index contributed by atoms with van der Waals surface area (Å²) in [6.07, 6.45) is -1.38. The molecule has 1 aliphatic heterocycles. The van der Waals surface area contributed by atoms with Crippen LogP contribution < -0.4 is 0 Å². The van der Waals surface area contributed by atoms with Crippen LogP contribution in [0.15, 0.2) is 18.6 Å². The Hall–Kier alpha value is -2.34. The second-order valence-electron chi connectivity index (χ2n) is 6.11. The van der Waals surface area contributed by atoms with Gasteiger partial charge in [-0.25, -0.2) is 22.7 Å². The first-order chi connectivity index (χ1) is 12.2. The first-order valence-electron chi connectivity index (χ1n) is 7.73. The number of halogens is 3. The summed E-state index contributed by atoms with van der Waals surface area (Å²) < 4.78 is 62.5. The number of rotatable bonds is 3. The standard InChI is InChI=1S/C14H13F3N6O2S/c15-14(16,17)6-26(24,25)23-4-2-8(5-23)11-10-9-1-3-18-12(9)21-22-13(10)20-7-19-11/h1,3,7-8H,2,4-6H2,(H,19,20,22). The Bertz CT molecular complexity index is 1080. The van der Waals surface area contributed by atoms with Crippen LogP contribution >= 0.6 is 0 Å². The quantitative estimate of drug-likeness (QED) is 0.733. The molecule has 8 nitrogen and oxygen atoms in total. The van der Waals surface area contributed by atoms with E-state index in [1.54, 1.807) is 12.3 Å². The van der Waals surface area contributed by atoms with Crippen LogP contribution in [0, 0.1) is 0 Å². The maximum absolute atomic E-state index is 12.5. The van der Waals surface area contributed by atoms with Crippen molar-refractivity contribution in [3.05, 3.63) is 24.3 Å². The monoisotopic (exact) mass is 386 g/mol. The predicted molar refractivity (Wildman–Crippen MR) is 85.8 cm³/mol. The zero-order chi connectivity index (χ0) is 18.5. The fourth-order valence-corrected chi connectivity index (χ4v) is 4.68. The molecule has 0 amide bonds. The summed E-state index contributed by atoms with van der Waals surface area (Å²) in [6.45, 7) is -0.00632. The van der Waals surface area contributed by atoms with E-state index in [4.69, 9.17) is 0 Å². The number of aromatic nitrogens is 5.